The molecule has 0 aliphatic heterocycles. The van der Waals surface area contributed by atoms with E-state index in [1.807, 2.05) is 0 Å². The number of hydrogen-bond donors (Lipinski definition) is 3. The van der Waals surface area contributed by atoms with Crippen molar-refractivity contribution in [3.63, 3.8) is 0 Å². The molecule has 1 aromatic rings. The number of halogens is 2. The lowest BCUT2D eigenvalue weighted by atomic mass is 10.3. The Morgan fingerprint density at radius 3 is 2.44 bits per heavy atom. The number of rotatable bonds is 5. The molecule has 0 saturated heterocycles. The molecule has 0 aliphatic carbocycles. The number of aliphatic hydroxyl groups is 1. The third-order valence-corrected chi connectivity index (χ3v) is 3.47. The Balaban J connectivity index is 3.10. The molecule has 0 aliphatic rings. The first kappa shape index (κ1) is 14.5. The van der Waals surface area contributed by atoms with Gasteiger partial charge in [-0.3, -0.25) is 4.79 Å². The average molecular weight is 281 g/mol. The lowest BCUT2D eigenvalue weighted by Crippen LogP contribution is -2.43. The van der Waals surface area contributed by atoms with E-state index in [0.717, 1.165) is 0 Å². The van der Waals surface area contributed by atoms with Gasteiger partial charge in [-0.1, -0.05) is 0 Å². The Morgan fingerprint density at radius 2 is 2.00 bits per heavy atom. The maximum absolute atomic E-state index is 13.2. The highest BCUT2D eigenvalue weighted by atomic mass is 32.2. The van der Waals surface area contributed by atoms with E-state index in [4.69, 9.17) is 10.2 Å². The van der Waals surface area contributed by atoms with E-state index in [1.165, 1.54) is 0 Å². The van der Waals surface area contributed by atoms with Crippen molar-refractivity contribution in [3.05, 3.63) is 29.8 Å². The van der Waals surface area contributed by atoms with Crippen LogP contribution < -0.4 is 4.72 Å². The Morgan fingerprint density at radius 1 is 1.39 bits per heavy atom. The Bertz CT molecular complexity index is 560. The summed E-state index contributed by atoms with van der Waals surface area (Å²) in [6, 6.07) is -0.0849. The number of carboxylic acid groups (broad SMARTS) is 1. The van der Waals surface area contributed by atoms with Gasteiger partial charge in [0.1, 0.15) is 22.6 Å². The lowest BCUT2D eigenvalue weighted by Gasteiger charge is -2.12. The fourth-order valence-corrected chi connectivity index (χ4v) is 2.35. The zero-order chi connectivity index (χ0) is 13.9. The summed E-state index contributed by atoms with van der Waals surface area (Å²) in [6.45, 7) is -1.00. The van der Waals surface area contributed by atoms with Gasteiger partial charge >= 0.3 is 5.97 Å². The van der Waals surface area contributed by atoms with E-state index in [1.54, 1.807) is 4.72 Å². The van der Waals surface area contributed by atoms with E-state index in [0.29, 0.717) is 18.2 Å². The number of nitrogens with one attached hydrogen (secondary N) is 1. The predicted octanol–water partition coefficient (Wildman–Crippen LogP) is -0.311. The second-order valence-corrected chi connectivity index (χ2v) is 4.95. The Kier molecular flexibility index (Phi) is 4.33. The highest BCUT2D eigenvalue weighted by Crippen LogP contribution is 2.15. The molecule has 0 saturated carbocycles. The summed E-state index contributed by atoms with van der Waals surface area (Å²) in [6.07, 6.45) is 0. The fourth-order valence-electron chi connectivity index (χ4n) is 1.11. The van der Waals surface area contributed by atoms with Gasteiger partial charge in [-0.15, -0.1) is 0 Å². The van der Waals surface area contributed by atoms with Crippen LogP contribution in [0.1, 0.15) is 0 Å². The number of carbonyl (C=O) groups is 1. The van der Waals surface area contributed by atoms with Gasteiger partial charge in [0.05, 0.1) is 6.61 Å². The molecular formula is C9H9F2NO5S. The number of carboxylic acids is 1. The van der Waals surface area contributed by atoms with Crippen molar-refractivity contribution in [1.82, 2.24) is 4.72 Å². The van der Waals surface area contributed by atoms with Crippen molar-refractivity contribution in [2.24, 2.45) is 0 Å². The van der Waals surface area contributed by atoms with Crippen LogP contribution in [-0.4, -0.2) is 37.2 Å². The quantitative estimate of drug-likeness (QED) is 0.686. The van der Waals surface area contributed by atoms with Gasteiger partial charge < -0.3 is 10.2 Å². The number of aliphatic carboxylic acids is 1. The van der Waals surface area contributed by atoms with Gasteiger partial charge in [0.25, 0.3) is 0 Å². The van der Waals surface area contributed by atoms with Crippen LogP contribution in [0, 0.1) is 11.6 Å². The predicted molar refractivity (Wildman–Crippen MR) is 55.2 cm³/mol. The molecule has 0 radical (unpaired) electrons. The van der Waals surface area contributed by atoms with Gasteiger partial charge in [0.2, 0.25) is 10.0 Å². The third-order valence-electron chi connectivity index (χ3n) is 1.96. The minimum absolute atomic E-state index is 0.350. The van der Waals surface area contributed by atoms with Crippen molar-refractivity contribution in [1.29, 1.82) is 0 Å². The molecule has 1 atom stereocenters. The average Bonchev–Trinajstić information content (AvgIpc) is 2.24. The molecule has 0 unspecified atom stereocenters. The van der Waals surface area contributed by atoms with Crippen LogP contribution in [0.5, 0.6) is 0 Å². The second kappa shape index (κ2) is 5.38. The van der Waals surface area contributed by atoms with Crippen LogP contribution in [0.25, 0.3) is 0 Å². The first-order valence-corrected chi connectivity index (χ1v) is 6.07. The summed E-state index contributed by atoms with van der Waals surface area (Å²) in [7, 11) is -4.50. The monoisotopic (exact) mass is 281 g/mol. The van der Waals surface area contributed by atoms with Crippen LogP contribution in [0.4, 0.5) is 8.78 Å². The number of sulfonamides is 1. The Labute approximate surface area is 101 Å². The first-order chi connectivity index (χ1) is 8.27. The summed E-state index contributed by atoms with van der Waals surface area (Å²) in [5.41, 5.74) is 0. The summed E-state index contributed by atoms with van der Waals surface area (Å²) in [5, 5.41) is 17.2. The van der Waals surface area contributed by atoms with Crippen molar-refractivity contribution >= 4 is 16.0 Å². The molecule has 100 valence electrons. The van der Waals surface area contributed by atoms with Gasteiger partial charge in [0, 0.05) is 6.07 Å². The first-order valence-electron chi connectivity index (χ1n) is 4.59. The van der Waals surface area contributed by atoms with E-state index < -0.39 is 45.2 Å². The van der Waals surface area contributed by atoms with E-state index in [-0.39, 0.29) is 0 Å². The highest BCUT2D eigenvalue weighted by molar-refractivity contribution is 7.89. The van der Waals surface area contributed by atoms with Gasteiger partial charge in [0.15, 0.2) is 0 Å². The van der Waals surface area contributed by atoms with E-state index in [2.05, 4.69) is 0 Å². The molecule has 0 heterocycles. The fraction of sp³-hybridized carbons (Fsp3) is 0.222. The molecule has 0 spiro atoms. The van der Waals surface area contributed by atoms with Crippen LogP contribution in [-0.2, 0) is 14.8 Å². The Hall–Kier alpha value is -1.58. The summed E-state index contributed by atoms with van der Waals surface area (Å²) in [4.78, 5) is 9.64. The maximum Gasteiger partial charge on any atom is 0.324 e. The molecule has 0 amide bonds. The molecule has 18 heavy (non-hydrogen) atoms. The number of aliphatic hydroxyl groups excluding tert-OH is 1. The standard InChI is InChI=1S/C9H9F2NO5S/c10-5-1-2-8(6(11)3-5)18(16,17)12-7(4-13)9(14)15/h1-3,7,12-13H,4H2,(H,14,15)/t7-/m0/s1. The van der Waals surface area contributed by atoms with Crippen LogP contribution in [0.2, 0.25) is 0 Å². The van der Waals surface area contributed by atoms with Crippen molar-refractivity contribution < 1.29 is 32.2 Å². The third kappa shape index (κ3) is 3.22. The highest BCUT2D eigenvalue weighted by Gasteiger charge is 2.27. The van der Waals surface area contributed by atoms with E-state index >= 15 is 0 Å². The van der Waals surface area contributed by atoms with Gasteiger partial charge in [-0.2, -0.15) is 4.72 Å². The van der Waals surface area contributed by atoms with Gasteiger partial charge in [-0.25, -0.2) is 17.2 Å². The molecular weight excluding hydrogens is 272 g/mol. The normalized spacial score (nSPS) is 13.3. The molecule has 1 aromatic carbocycles. The van der Waals surface area contributed by atoms with Crippen LogP contribution in [0.3, 0.4) is 0 Å². The molecule has 9 heteroatoms. The second-order valence-electron chi connectivity index (χ2n) is 3.27. The van der Waals surface area contributed by atoms with E-state index in [9.17, 15) is 22.0 Å². The summed E-state index contributed by atoms with van der Waals surface area (Å²) < 4.78 is 50.6. The minimum Gasteiger partial charge on any atom is -0.480 e. The minimum atomic E-state index is -4.50. The molecule has 6 nitrogen and oxygen atoms in total. The molecule has 0 aromatic heterocycles. The van der Waals surface area contributed by atoms with Crippen molar-refractivity contribution in [2.75, 3.05) is 6.61 Å². The molecule has 1 rings (SSSR count). The maximum atomic E-state index is 13.2. The number of benzene rings is 1. The summed E-state index contributed by atoms with van der Waals surface area (Å²) >= 11 is 0. The van der Waals surface area contributed by atoms with Crippen molar-refractivity contribution in [2.45, 2.75) is 10.9 Å². The van der Waals surface area contributed by atoms with Gasteiger partial charge in [-0.05, 0) is 12.1 Å². The molecule has 0 fully saturated rings. The zero-order valence-corrected chi connectivity index (χ0v) is 9.62. The SMILES string of the molecule is O=C(O)[C@H](CO)NS(=O)(=O)c1ccc(F)cc1F. The smallest absolute Gasteiger partial charge is 0.324 e. The molecule has 0 bridgehead atoms. The van der Waals surface area contributed by atoms with Crippen LogP contribution in [0.15, 0.2) is 23.1 Å². The zero-order valence-electron chi connectivity index (χ0n) is 8.80. The summed E-state index contributed by atoms with van der Waals surface area (Å²) in [5.74, 6) is -3.95. The lowest BCUT2D eigenvalue weighted by molar-refractivity contribution is -0.139. The molecule has 3 N–H and O–H groups in total. The number of hydrogen-bond acceptors (Lipinski definition) is 4. The topological polar surface area (TPSA) is 104 Å². The van der Waals surface area contributed by atoms with Crippen LogP contribution >= 0.6 is 0 Å². The van der Waals surface area contributed by atoms with Crippen molar-refractivity contribution in [3.8, 4) is 0 Å². The largest absolute Gasteiger partial charge is 0.480 e.